The molecule has 0 fully saturated rings. The second-order valence-corrected chi connectivity index (χ2v) is 12.8. The van der Waals surface area contributed by atoms with E-state index in [0.29, 0.717) is 29.0 Å². The Bertz CT molecular complexity index is 2760. The molecule has 9 aromatic rings. The van der Waals surface area contributed by atoms with Crippen LogP contribution in [-0.4, -0.2) is 24.9 Å². The third kappa shape index (κ3) is 6.27. The molecule has 9 rings (SSSR count). The lowest BCUT2D eigenvalue weighted by atomic mass is 9.91. The molecule has 0 saturated heterocycles. The van der Waals surface area contributed by atoms with Crippen molar-refractivity contribution < 1.29 is 0 Å². The summed E-state index contributed by atoms with van der Waals surface area (Å²) in [5, 5.41) is 0.992. The van der Waals surface area contributed by atoms with Crippen LogP contribution < -0.4 is 0 Å². The van der Waals surface area contributed by atoms with Gasteiger partial charge in [0.05, 0.1) is 17.8 Å². The number of nitrogens with zero attached hydrogens (tertiary/aromatic N) is 6. The van der Waals surface area contributed by atoms with Crippen LogP contribution in [0.2, 0.25) is 0 Å². The van der Waals surface area contributed by atoms with Crippen molar-refractivity contribution in [3.05, 3.63) is 193 Å². The first-order valence-electron chi connectivity index (χ1n) is 17.6. The summed E-state index contributed by atoms with van der Waals surface area (Å²) in [7, 11) is 0. The molecule has 0 spiro atoms. The van der Waals surface area contributed by atoms with Gasteiger partial charge >= 0.3 is 0 Å². The molecule has 0 bridgehead atoms. The van der Waals surface area contributed by atoms with E-state index in [1.165, 1.54) is 0 Å². The topological polar surface area (TPSA) is 68.8 Å². The van der Waals surface area contributed by atoms with Gasteiger partial charge in [0.25, 0.3) is 0 Å². The van der Waals surface area contributed by atoms with Gasteiger partial charge < -0.3 is 0 Å². The highest BCUT2D eigenvalue weighted by atomic mass is 15.0. The summed E-state index contributed by atoms with van der Waals surface area (Å²) in [5.74, 6) is 2.32. The molecule has 54 heavy (non-hydrogen) atoms. The fourth-order valence-electron chi connectivity index (χ4n) is 6.73. The SMILES string of the molecule is [C-]#[N+]c1ccc(-c2ccc(-c3ccccc3-c3nc(-c4ccccc4)c4ccccc4n3)c(-c3nc(-c4ccccc4)nc(-c4ccccc4)n3)c2)cc1. The molecule has 0 radical (unpaired) electrons. The van der Waals surface area contributed by atoms with Crippen LogP contribution in [0.4, 0.5) is 5.69 Å². The molecule has 0 aliphatic heterocycles. The molecule has 6 heteroatoms. The van der Waals surface area contributed by atoms with Crippen LogP contribution in [0.15, 0.2) is 182 Å². The smallest absolute Gasteiger partial charge is 0.187 e. The maximum atomic E-state index is 7.46. The minimum absolute atomic E-state index is 0.538. The molecule has 0 atom stereocenters. The van der Waals surface area contributed by atoms with Crippen LogP contribution in [0.25, 0.3) is 94.8 Å². The van der Waals surface area contributed by atoms with Crippen molar-refractivity contribution in [3.8, 4) is 79.1 Å². The molecule has 0 unspecified atom stereocenters. The summed E-state index contributed by atoms with van der Waals surface area (Å²) in [6.07, 6.45) is 0. The predicted octanol–water partition coefficient (Wildman–Crippen LogP) is 12.0. The quantitative estimate of drug-likeness (QED) is 0.156. The second-order valence-electron chi connectivity index (χ2n) is 12.8. The first-order chi connectivity index (χ1) is 26.7. The fourth-order valence-corrected chi connectivity index (χ4v) is 6.73. The Morgan fingerprint density at radius 1 is 0.333 bits per heavy atom. The summed E-state index contributed by atoms with van der Waals surface area (Å²) in [5.41, 5.74) is 10.7. The Balaban J connectivity index is 1.30. The van der Waals surface area contributed by atoms with Gasteiger partial charge in [0.1, 0.15) is 0 Å². The van der Waals surface area contributed by atoms with Gasteiger partial charge in [-0.05, 0) is 34.4 Å². The minimum Gasteiger partial charge on any atom is -0.238 e. The number of hydrogen-bond donors (Lipinski definition) is 0. The monoisotopic (exact) mass is 690 g/mol. The van der Waals surface area contributed by atoms with Gasteiger partial charge in [-0.1, -0.05) is 170 Å². The lowest BCUT2D eigenvalue weighted by molar-refractivity contribution is 1.07. The molecule has 2 heterocycles. The van der Waals surface area contributed by atoms with Crippen LogP contribution in [0, 0.1) is 6.57 Å². The van der Waals surface area contributed by atoms with Crippen LogP contribution >= 0.6 is 0 Å². The first-order valence-corrected chi connectivity index (χ1v) is 17.6. The molecular formula is C48H30N6. The zero-order chi connectivity index (χ0) is 36.3. The van der Waals surface area contributed by atoms with E-state index in [4.69, 9.17) is 31.5 Å². The third-order valence-electron chi connectivity index (χ3n) is 9.40. The fraction of sp³-hybridized carbons (Fsp3) is 0. The van der Waals surface area contributed by atoms with Crippen molar-refractivity contribution in [1.82, 2.24) is 24.9 Å². The molecule has 2 aromatic heterocycles. The zero-order valence-corrected chi connectivity index (χ0v) is 29.0. The standard InChI is InChI=1S/C48H30N6/c1-49-37-28-25-32(26-29-37)36-27-30-39(42(31-36)48-53-45(34-17-7-3-8-18-34)52-46(54-48)35-19-9-4-10-20-35)38-21-11-12-22-40(38)47-50-43-24-14-13-23-41(43)44(51-47)33-15-5-2-6-16-33/h2-31H. The van der Waals surface area contributed by atoms with Gasteiger partial charge in [0, 0.05) is 33.2 Å². The van der Waals surface area contributed by atoms with E-state index in [1.54, 1.807) is 0 Å². The summed E-state index contributed by atoms with van der Waals surface area (Å²) < 4.78 is 0. The van der Waals surface area contributed by atoms with Gasteiger partial charge in [-0.25, -0.2) is 29.8 Å². The highest BCUT2D eigenvalue weighted by Gasteiger charge is 2.21. The summed E-state index contributed by atoms with van der Waals surface area (Å²) in [4.78, 5) is 29.2. The largest absolute Gasteiger partial charge is 0.238 e. The Morgan fingerprint density at radius 3 is 1.48 bits per heavy atom. The minimum atomic E-state index is 0.538. The van der Waals surface area contributed by atoms with Crippen molar-refractivity contribution in [1.29, 1.82) is 0 Å². The number of aromatic nitrogens is 5. The Hall–Kier alpha value is -7.62. The van der Waals surface area contributed by atoms with E-state index >= 15 is 0 Å². The lowest BCUT2D eigenvalue weighted by Gasteiger charge is -2.17. The van der Waals surface area contributed by atoms with Crippen molar-refractivity contribution in [2.45, 2.75) is 0 Å². The highest BCUT2D eigenvalue weighted by molar-refractivity contribution is 5.96. The highest BCUT2D eigenvalue weighted by Crippen LogP contribution is 2.40. The number of rotatable bonds is 7. The maximum Gasteiger partial charge on any atom is 0.187 e. The number of fused-ring (bicyclic) bond motifs is 1. The summed E-state index contributed by atoms with van der Waals surface area (Å²) >= 11 is 0. The summed E-state index contributed by atoms with van der Waals surface area (Å²) in [6.45, 7) is 7.46. The lowest BCUT2D eigenvalue weighted by Crippen LogP contribution is -2.02. The number of para-hydroxylation sites is 1. The van der Waals surface area contributed by atoms with Crippen molar-refractivity contribution in [3.63, 3.8) is 0 Å². The van der Waals surface area contributed by atoms with Gasteiger partial charge in [0.15, 0.2) is 29.0 Å². The van der Waals surface area contributed by atoms with Gasteiger partial charge in [-0.2, -0.15) is 0 Å². The third-order valence-corrected chi connectivity index (χ3v) is 9.40. The Labute approximate surface area is 313 Å². The average molecular weight is 691 g/mol. The van der Waals surface area contributed by atoms with E-state index in [1.807, 2.05) is 133 Å². The van der Waals surface area contributed by atoms with E-state index in [0.717, 1.165) is 66.7 Å². The molecular weight excluding hydrogens is 661 g/mol. The number of hydrogen-bond acceptors (Lipinski definition) is 5. The van der Waals surface area contributed by atoms with E-state index in [2.05, 4.69) is 53.4 Å². The van der Waals surface area contributed by atoms with E-state index in [9.17, 15) is 0 Å². The van der Waals surface area contributed by atoms with E-state index < -0.39 is 0 Å². The van der Waals surface area contributed by atoms with E-state index in [-0.39, 0.29) is 0 Å². The van der Waals surface area contributed by atoms with Gasteiger partial charge in [0.2, 0.25) is 0 Å². The zero-order valence-electron chi connectivity index (χ0n) is 29.0. The average Bonchev–Trinajstić information content (AvgIpc) is 3.26. The molecule has 0 amide bonds. The molecule has 0 N–H and O–H groups in total. The molecule has 6 nitrogen and oxygen atoms in total. The molecule has 252 valence electrons. The molecule has 0 aliphatic rings. The number of benzene rings is 7. The normalized spacial score (nSPS) is 10.9. The van der Waals surface area contributed by atoms with Gasteiger partial charge in [-0.3, -0.25) is 0 Å². The van der Waals surface area contributed by atoms with Crippen LogP contribution in [-0.2, 0) is 0 Å². The molecule has 7 aromatic carbocycles. The predicted molar refractivity (Wildman–Crippen MR) is 217 cm³/mol. The Morgan fingerprint density at radius 2 is 0.833 bits per heavy atom. The maximum absolute atomic E-state index is 7.46. The van der Waals surface area contributed by atoms with Crippen LogP contribution in [0.3, 0.4) is 0 Å². The summed E-state index contributed by atoms with van der Waals surface area (Å²) in [6, 6.07) is 60.6. The molecule has 0 saturated carbocycles. The Kier molecular flexibility index (Phi) is 8.48. The van der Waals surface area contributed by atoms with Crippen molar-refractivity contribution in [2.75, 3.05) is 0 Å². The first kappa shape index (κ1) is 32.3. The second kappa shape index (κ2) is 14.2. The molecule has 0 aliphatic carbocycles. The van der Waals surface area contributed by atoms with Crippen molar-refractivity contribution >= 4 is 16.6 Å². The van der Waals surface area contributed by atoms with Crippen LogP contribution in [0.5, 0.6) is 0 Å². The van der Waals surface area contributed by atoms with Crippen molar-refractivity contribution in [2.24, 2.45) is 0 Å². The van der Waals surface area contributed by atoms with Gasteiger partial charge in [-0.15, -0.1) is 0 Å². The van der Waals surface area contributed by atoms with Crippen LogP contribution in [0.1, 0.15) is 0 Å².